The zero-order valence-corrected chi connectivity index (χ0v) is 10.2. The Morgan fingerprint density at radius 3 is 2.80 bits per heavy atom. The number of thiazole rings is 1. The first-order chi connectivity index (χ1) is 7.38. The van der Waals surface area contributed by atoms with Crippen LogP contribution in [0.15, 0.2) is 11.6 Å². The molecule has 1 fully saturated rings. The summed E-state index contributed by atoms with van der Waals surface area (Å²) in [7, 11) is 0. The third kappa shape index (κ3) is 3.26. The van der Waals surface area contributed by atoms with Crippen molar-refractivity contribution in [1.29, 1.82) is 0 Å². The van der Waals surface area contributed by atoms with Gasteiger partial charge in [-0.05, 0) is 26.1 Å². The summed E-state index contributed by atoms with van der Waals surface area (Å²) >= 11 is 1.76. The molecule has 1 aromatic rings. The van der Waals surface area contributed by atoms with Crippen molar-refractivity contribution in [3.05, 3.63) is 16.6 Å². The monoisotopic (exact) mass is 225 g/mol. The van der Waals surface area contributed by atoms with Gasteiger partial charge in [0.2, 0.25) is 0 Å². The Labute approximate surface area is 95.7 Å². The van der Waals surface area contributed by atoms with Crippen LogP contribution < -0.4 is 0 Å². The fourth-order valence-corrected chi connectivity index (χ4v) is 2.68. The van der Waals surface area contributed by atoms with E-state index in [0.717, 1.165) is 6.54 Å². The quantitative estimate of drug-likeness (QED) is 0.780. The molecule has 1 saturated heterocycles. The summed E-state index contributed by atoms with van der Waals surface area (Å²) in [6, 6.07) is 0. The molecule has 1 aromatic heterocycles. The highest BCUT2D eigenvalue weighted by Crippen LogP contribution is 2.10. The number of hydrogen-bond donors (Lipinski definition) is 0. The summed E-state index contributed by atoms with van der Waals surface area (Å²) in [6.07, 6.45) is 3.19. The minimum Gasteiger partial charge on any atom is -0.302 e. The van der Waals surface area contributed by atoms with Crippen LogP contribution in [-0.2, 0) is 6.54 Å². The number of rotatable bonds is 3. The van der Waals surface area contributed by atoms with Crippen LogP contribution in [0.25, 0.3) is 0 Å². The van der Waals surface area contributed by atoms with E-state index in [9.17, 15) is 0 Å². The molecule has 4 heteroatoms. The molecule has 0 bridgehead atoms. The second kappa shape index (κ2) is 5.58. The number of nitrogens with zero attached hydrogens (tertiary/aromatic N) is 3. The molecular formula is C11H19N3S. The van der Waals surface area contributed by atoms with E-state index in [1.165, 1.54) is 44.2 Å². The van der Waals surface area contributed by atoms with Gasteiger partial charge in [0, 0.05) is 24.7 Å². The van der Waals surface area contributed by atoms with Gasteiger partial charge in [0.05, 0.1) is 6.54 Å². The lowest BCUT2D eigenvalue weighted by molar-refractivity contribution is 0.257. The zero-order valence-electron chi connectivity index (χ0n) is 9.35. The first kappa shape index (κ1) is 11.0. The fourth-order valence-electron chi connectivity index (χ4n) is 2.02. The minimum absolute atomic E-state index is 1.04. The summed E-state index contributed by atoms with van der Waals surface area (Å²) in [5.74, 6) is 0. The van der Waals surface area contributed by atoms with Gasteiger partial charge in [-0.2, -0.15) is 0 Å². The number of likely N-dealkylation sites (N-methyl/N-ethyl adjacent to an activating group) is 1. The Kier molecular flexibility index (Phi) is 4.11. The molecule has 15 heavy (non-hydrogen) atoms. The Morgan fingerprint density at radius 1 is 1.27 bits per heavy atom. The van der Waals surface area contributed by atoms with Crippen molar-refractivity contribution in [2.24, 2.45) is 0 Å². The van der Waals surface area contributed by atoms with Gasteiger partial charge < -0.3 is 4.90 Å². The maximum Gasteiger partial charge on any atom is 0.107 e. The molecule has 0 unspecified atom stereocenters. The summed E-state index contributed by atoms with van der Waals surface area (Å²) in [5, 5.41) is 3.31. The average molecular weight is 225 g/mol. The van der Waals surface area contributed by atoms with E-state index in [0.29, 0.717) is 0 Å². The molecule has 0 spiro atoms. The van der Waals surface area contributed by atoms with Crippen molar-refractivity contribution in [2.45, 2.75) is 19.9 Å². The average Bonchev–Trinajstić information content (AvgIpc) is 2.64. The lowest BCUT2D eigenvalue weighted by atomic mass is 10.4. The Morgan fingerprint density at radius 2 is 2.07 bits per heavy atom. The van der Waals surface area contributed by atoms with Crippen LogP contribution in [0.3, 0.4) is 0 Å². The van der Waals surface area contributed by atoms with E-state index in [1.54, 1.807) is 11.3 Å². The summed E-state index contributed by atoms with van der Waals surface area (Å²) in [6.45, 7) is 9.34. The lowest BCUT2D eigenvalue weighted by Gasteiger charge is -2.19. The van der Waals surface area contributed by atoms with Gasteiger partial charge >= 0.3 is 0 Å². The van der Waals surface area contributed by atoms with Crippen LogP contribution in [0, 0.1) is 0 Å². The summed E-state index contributed by atoms with van der Waals surface area (Å²) in [4.78, 5) is 9.40. The van der Waals surface area contributed by atoms with Gasteiger partial charge in [0.1, 0.15) is 5.01 Å². The van der Waals surface area contributed by atoms with Gasteiger partial charge in [-0.3, -0.25) is 4.90 Å². The Hall–Kier alpha value is -0.450. The highest BCUT2D eigenvalue weighted by atomic mass is 32.1. The molecule has 0 radical (unpaired) electrons. The molecule has 0 saturated carbocycles. The predicted octanol–water partition coefficient (Wildman–Crippen LogP) is 1.67. The third-order valence-electron chi connectivity index (χ3n) is 2.97. The molecule has 3 nitrogen and oxygen atoms in total. The summed E-state index contributed by atoms with van der Waals surface area (Å²) in [5.41, 5.74) is 0. The lowest BCUT2D eigenvalue weighted by Crippen LogP contribution is -2.30. The Bertz CT molecular complexity index is 273. The van der Waals surface area contributed by atoms with Crippen LogP contribution in [-0.4, -0.2) is 47.5 Å². The molecule has 2 rings (SSSR count). The highest BCUT2D eigenvalue weighted by molar-refractivity contribution is 7.09. The molecule has 0 aromatic carbocycles. The molecule has 2 heterocycles. The zero-order chi connectivity index (χ0) is 10.5. The maximum absolute atomic E-state index is 4.34. The number of hydrogen-bond acceptors (Lipinski definition) is 4. The SMILES string of the molecule is CCN1CCCN(Cc2nccs2)CC1. The second-order valence-electron chi connectivity index (χ2n) is 3.99. The van der Waals surface area contributed by atoms with Crippen molar-refractivity contribution >= 4 is 11.3 Å². The second-order valence-corrected chi connectivity index (χ2v) is 4.97. The Balaban J connectivity index is 1.83. The van der Waals surface area contributed by atoms with Crippen molar-refractivity contribution in [2.75, 3.05) is 32.7 Å². The van der Waals surface area contributed by atoms with Gasteiger partial charge in [0.25, 0.3) is 0 Å². The predicted molar refractivity (Wildman–Crippen MR) is 64.1 cm³/mol. The van der Waals surface area contributed by atoms with Crippen LogP contribution in [0.2, 0.25) is 0 Å². The smallest absolute Gasteiger partial charge is 0.107 e. The van der Waals surface area contributed by atoms with E-state index >= 15 is 0 Å². The topological polar surface area (TPSA) is 19.4 Å². The first-order valence-electron chi connectivity index (χ1n) is 5.71. The van der Waals surface area contributed by atoms with E-state index in [2.05, 4.69) is 27.1 Å². The van der Waals surface area contributed by atoms with Gasteiger partial charge in [-0.15, -0.1) is 11.3 Å². The standard InChI is InChI=1S/C11H19N3S/c1-2-13-5-3-6-14(8-7-13)10-11-12-4-9-15-11/h4,9H,2-3,5-8,10H2,1H3. The van der Waals surface area contributed by atoms with Gasteiger partial charge in [-0.1, -0.05) is 6.92 Å². The van der Waals surface area contributed by atoms with Crippen molar-refractivity contribution in [1.82, 2.24) is 14.8 Å². The largest absolute Gasteiger partial charge is 0.302 e. The van der Waals surface area contributed by atoms with E-state index < -0.39 is 0 Å². The number of aromatic nitrogens is 1. The van der Waals surface area contributed by atoms with Crippen LogP contribution >= 0.6 is 11.3 Å². The van der Waals surface area contributed by atoms with Crippen molar-refractivity contribution < 1.29 is 0 Å². The van der Waals surface area contributed by atoms with E-state index in [1.807, 2.05) is 6.20 Å². The fraction of sp³-hybridized carbons (Fsp3) is 0.727. The van der Waals surface area contributed by atoms with E-state index in [-0.39, 0.29) is 0 Å². The maximum atomic E-state index is 4.34. The van der Waals surface area contributed by atoms with Crippen LogP contribution in [0.4, 0.5) is 0 Å². The molecule has 0 aliphatic carbocycles. The van der Waals surface area contributed by atoms with Crippen molar-refractivity contribution in [3.8, 4) is 0 Å². The molecule has 1 aliphatic heterocycles. The first-order valence-corrected chi connectivity index (χ1v) is 6.59. The van der Waals surface area contributed by atoms with Crippen molar-refractivity contribution in [3.63, 3.8) is 0 Å². The third-order valence-corrected chi connectivity index (χ3v) is 3.74. The summed E-state index contributed by atoms with van der Waals surface area (Å²) < 4.78 is 0. The van der Waals surface area contributed by atoms with Gasteiger partial charge in [-0.25, -0.2) is 4.98 Å². The normalized spacial score (nSPS) is 20.3. The molecular weight excluding hydrogens is 206 g/mol. The van der Waals surface area contributed by atoms with Crippen LogP contribution in [0.1, 0.15) is 18.4 Å². The van der Waals surface area contributed by atoms with Crippen LogP contribution in [0.5, 0.6) is 0 Å². The molecule has 0 N–H and O–H groups in total. The van der Waals surface area contributed by atoms with E-state index in [4.69, 9.17) is 0 Å². The highest BCUT2D eigenvalue weighted by Gasteiger charge is 2.14. The molecule has 0 amide bonds. The molecule has 0 atom stereocenters. The molecule has 84 valence electrons. The van der Waals surface area contributed by atoms with Gasteiger partial charge in [0.15, 0.2) is 0 Å². The molecule has 1 aliphatic rings. The minimum atomic E-state index is 1.04.